The second-order valence-corrected chi connectivity index (χ2v) is 6.25. The van der Waals surface area contributed by atoms with Gasteiger partial charge in [0.1, 0.15) is 0 Å². The number of aromatic nitrogens is 2. The lowest BCUT2D eigenvalue weighted by atomic mass is 10.3. The monoisotopic (exact) mass is 321 g/mol. The van der Waals surface area contributed by atoms with Gasteiger partial charge in [0.25, 0.3) is 15.7 Å². The number of nitrogens with zero attached hydrogens (tertiary/aromatic N) is 3. The molecular formula is C12H11N5O4S. The number of nitrogens with one attached hydrogen (secondary N) is 2. The first kappa shape index (κ1) is 14.4. The highest BCUT2D eigenvalue weighted by atomic mass is 32.2. The Kier molecular flexibility index (Phi) is 3.47. The van der Waals surface area contributed by atoms with Crippen LogP contribution in [0.2, 0.25) is 0 Å². The van der Waals surface area contributed by atoms with Gasteiger partial charge < -0.3 is 5.32 Å². The van der Waals surface area contributed by atoms with Crippen LogP contribution in [0.1, 0.15) is 11.3 Å². The number of nitro groups is 1. The molecule has 0 fully saturated rings. The third-order valence-corrected chi connectivity index (χ3v) is 4.51. The van der Waals surface area contributed by atoms with Crippen LogP contribution in [-0.4, -0.2) is 23.3 Å². The van der Waals surface area contributed by atoms with E-state index in [2.05, 4.69) is 20.0 Å². The first-order chi connectivity index (χ1) is 10.5. The highest BCUT2D eigenvalue weighted by Crippen LogP contribution is 2.24. The molecule has 0 unspecified atom stereocenters. The highest BCUT2D eigenvalue weighted by molar-refractivity contribution is 7.92. The molecule has 2 N–H and O–H groups in total. The van der Waals surface area contributed by atoms with Crippen LogP contribution in [0, 0.1) is 10.1 Å². The molecule has 9 nitrogen and oxygen atoms in total. The van der Waals surface area contributed by atoms with Crippen molar-refractivity contribution in [2.24, 2.45) is 0 Å². The standard InChI is InChI=1S/C12H11N5O4S/c18-17(19)10-3-1-2-4-11(10)22(20,21)16-12-14-6-8-5-13-7-9(8)15-12/h1-4,6,13H,5,7H2,(H,14,15,16). The fraction of sp³-hybridized carbons (Fsp3) is 0.167. The lowest BCUT2D eigenvalue weighted by molar-refractivity contribution is -0.387. The number of anilines is 1. The van der Waals surface area contributed by atoms with E-state index in [0.717, 1.165) is 17.7 Å². The second kappa shape index (κ2) is 5.31. The van der Waals surface area contributed by atoms with Crippen LogP contribution >= 0.6 is 0 Å². The number of sulfonamides is 1. The summed E-state index contributed by atoms with van der Waals surface area (Å²) < 4.78 is 26.8. The van der Waals surface area contributed by atoms with E-state index in [1.165, 1.54) is 18.3 Å². The topological polar surface area (TPSA) is 127 Å². The Morgan fingerprint density at radius 3 is 2.82 bits per heavy atom. The molecule has 3 rings (SSSR count). The van der Waals surface area contributed by atoms with Gasteiger partial charge in [-0.15, -0.1) is 0 Å². The van der Waals surface area contributed by atoms with Gasteiger partial charge in [0.2, 0.25) is 5.95 Å². The van der Waals surface area contributed by atoms with Crippen LogP contribution in [0.15, 0.2) is 35.4 Å². The van der Waals surface area contributed by atoms with E-state index in [4.69, 9.17) is 0 Å². The lowest BCUT2D eigenvalue weighted by Gasteiger charge is -2.07. The summed E-state index contributed by atoms with van der Waals surface area (Å²) in [5, 5.41) is 14.0. The smallest absolute Gasteiger partial charge is 0.289 e. The number of hydrogen-bond donors (Lipinski definition) is 2. The van der Waals surface area contributed by atoms with Crippen molar-refractivity contribution in [2.75, 3.05) is 4.72 Å². The molecule has 0 radical (unpaired) electrons. The summed E-state index contributed by atoms with van der Waals surface area (Å²) in [7, 11) is -4.14. The van der Waals surface area contributed by atoms with Crippen LogP contribution in [-0.2, 0) is 23.1 Å². The van der Waals surface area contributed by atoms with Gasteiger partial charge in [-0.1, -0.05) is 12.1 Å². The second-order valence-electron chi connectivity index (χ2n) is 4.60. The summed E-state index contributed by atoms with van der Waals surface area (Å²) in [6, 6.07) is 5.10. The lowest BCUT2D eigenvalue weighted by Crippen LogP contribution is -2.17. The quantitative estimate of drug-likeness (QED) is 0.629. The van der Waals surface area contributed by atoms with E-state index < -0.39 is 25.5 Å². The van der Waals surface area contributed by atoms with Crippen molar-refractivity contribution in [3.05, 3.63) is 51.8 Å². The number of para-hydroxylation sites is 1. The minimum atomic E-state index is -4.14. The van der Waals surface area contributed by atoms with E-state index in [-0.39, 0.29) is 5.95 Å². The van der Waals surface area contributed by atoms with Gasteiger partial charge in [0, 0.05) is 30.9 Å². The normalized spacial score (nSPS) is 13.6. The Balaban J connectivity index is 1.96. The molecule has 22 heavy (non-hydrogen) atoms. The molecular weight excluding hydrogens is 310 g/mol. The molecule has 0 atom stereocenters. The van der Waals surface area contributed by atoms with Crippen molar-refractivity contribution in [3.63, 3.8) is 0 Å². The molecule has 0 aliphatic carbocycles. The SMILES string of the molecule is O=[N+]([O-])c1ccccc1S(=O)(=O)Nc1ncc2c(n1)CNC2. The molecule has 2 aromatic rings. The van der Waals surface area contributed by atoms with Crippen LogP contribution in [0.4, 0.5) is 11.6 Å². The van der Waals surface area contributed by atoms with Gasteiger partial charge in [0.05, 0.1) is 10.6 Å². The van der Waals surface area contributed by atoms with Crippen molar-refractivity contribution in [2.45, 2.75) is 18.0 Å². The third kappa shape index (κ3) is 2.61. The van der Waals surface area contributed by atoms with E-state index in [1.54, 1.807) is 0 Å². The zero-order chi connectivity index (χ0) is 15.7. The Morgan fingerprint density at radius 1 is 1.27 bits per heavy atom. The maximum Gasteiger partial charge on any atom is 0.289 e. The van der Waals surface area contributed by atoms with Gasteiger partial charge >= 0.3 is 0 Å². The average Bonchev–Trinajstić information content (AvgIpc) is 2.94. The molecule has 1 aliphatic heterocycles. The first-order valence-electron chi connectivity index (χ1n) is 6.29. The molecule has 114 valence electrons. The van der Waals surface area contributed by atoms with Crippen molar-refractivity contribution in [1.29, 1.82) is 0 Å². The highest BCUT2D eigenvalue weighted by Gasteiger charge is 2.26. The maximum absolute atomic E-state index is 12.3. The molecule has 0 saturated carbocycles. The molecule has 1 aliphatic rings. The Hall–Kier alpha value is -2.59. The van der Waals surface area contributed by atoms with Crippen molar-refractivity contribution < 1.29 is 13.3 Å². The molecule has 1 aromatic carbocycles. The molecule has 10 heteroatoms. The summed E-state index contributed by atoms with van der Waals surface area (Å²) in [4.78, 5) is 17.8. The van der Waals surface area contributed by atoms with Crippen molar-refractivity contribution in [1.82, 2.24) is 15.3 Å². The summed E-state index contributed by atoms with van der Waals surface area (Å²) in [5.74, 6) is -0.111. The van der Waals surface area contributed by atoms with Gasteiger partial charge in [-0.25, -0.2) is 23.1 Å². The van der Waals surface area contributed by atoms with Gasteiger partial charge in [-0.2, -0.15) is 0 Å². The molecule has 1 aromatic heterocycles. The maximum atomic E-state index is 12.3. The summed E-state index contributed by atoms with van der Waals surface area (Å²) in [6.45, 7) is 1.16. The Labute approximate surface area is 125 Å². The number of benzene rings is 1. The molecule has 0 saturated heterocycles. The van der Waals surface area contributed by atoms with Gasteiger partial charge in [0.15, 0.2) is 4.90 Å². The largest absolute Gasteiger partial charge is 0.307 e. The van der Waals surface area contributed by atoms with Crippen LogP contribution in [0.25, 0.3) is 0 Å². The van der Waals surface area contributed by atoms with Crippen LogP contribution < -0.4 is 10.0 Å². The van der Waals surface area contributed by atoms with Crippen LogP contribution in [0.3, 0.4) is 0 Å². The van der Waals surface area contributed by atoms with E-state index in [9.17, 15) is 18.5 Å². The summed E-state index contributed by atoms with van der Waals surface area (Å²) in [5.41, 5.74) is 1.10. The minimum Gasteiger partial charge on any atom is -0.307 e. The molecule has 2 heterocycles. The average molecular weight is 321 g/mol. The van der Waals surface area contributed by atoms with Crippen molar-refractivity contribution >= 4 is 21.7 Å². The number of fused-ring (bicyclic) bond motifs is 1. The van der Waals surface area contributed by atoms with Gasteiger partial charge in [-0.3, -0.25) is 10.1 Å². The van der Waals surface area contributed by atoms with E-state index >= 15 is 0 Å². The molecule has 0 bridgehead atoms. The first-order valence-corrected chi connectivity index (χ1v) is 7.77. The summed E-state index contributed by atoms with van der Waals surface area (Å²) in [6.07, 6.45) is 1.53. The number of nitro benzene ring substituents is 1. The molecule has 0 spiro atoms. The molecule has 0 amide bonds. The Morgan fingerprint density at radius 2 is 2.05 bits per heavy atom. The fourth-order valence-corrected chi connectivity index (χ4v) is 3.24. The number of rotatable bonds is 4. The zero-order valence-corrected chi connectivity index (χ0v) is 12.0. The van der Waals surface area contributed by atoms with E-state index in [1.807, 2.05) is 0 Å². The van der Waals surface area contributed by atoms with Crippen LogP contribution in [0.5, 0.6) is 0 Å². The van der Waals surface area contributed by atoms with E-state index in [0.29, 0.717) is 18.8 Å². The third-order valence-electron chi connectivity index (χ3n) is 3.14. The number of hydrogen-bond acceptors (Lipinski definition) is 7. The predicted molar refractivity (Wildman–Crippen MR) is 76.5 cm³/mol. The predicted octanol–water partition coefficient (Wildman–Crippen LogP) is 0.789. The minimum absolute atomic E-state index is 0.111. The zero-order valence-electron chi connectivity index (χ0n) is 11.2. The van der Waals surface area contributed by atoms with Gasteiger partial charge in [-0.05, 0) is 6.07 Å². The Bertz CT molecular complexity index is 852. The summed E-state index contributed by atoms with van der Waals surface area (Å²) >= 11 is 0. The van der Waals surface area contributed by atoms with Crippen molar-refractivity contribution in [3.8, 4) is 0 Å². The fourth-order valence-electron chi connectivity index (χ4n) is 2.12.